The van der Waals surface area contributed by atoms with E-state index in [0.29, 0.717) is 49.1 Å². The summed E-state index contributed by atoms with van der Waals surface area (Å²) in [5, 5.41) is 11.7. The van der Waals surface area contributed by atoms with Crippen LogP contribution in [0.4, 0.5) is 29.1 Å². The zero-order valence-electron chi connectivity index (χ0n) is 18.1. The number of carbonyl (C=O) groups is 1. The number of alkyl halides is 3. The van der Waals surface area contributed by atoms with Gasteiger partial charge in [-0.05, 0) is 54.3 Å². The highest BCUT2D eigenvalue weighted by Gasteiger charge is 2.31. The first kappa shape index (κ1) is 23.6. The second kappa shape index (κ2) is 9.76. The number of fused-ring (bicyclic) bond motifs is 1. The third-order valence-corrected chi connectivity index (χ3v) is 5.55. The van der Waals surface area contributed by atoms with E-state index in [2.05, 4.69) is 15.3 Å². The molecule has 6 nitrogen and oxygen atoms in total. The van der Waals surface area contributed by atoms with Gasteiger partial charge < -0.3 is 15.3 Å². The van der Waals surface area contributed by atoms with Gasteiger partial charge in [-0.2, -0.15) is 13.2 Å². The summed E-state index contributed by atoms with van der Waals surface area (Å²) in [4.78, 5) is 22.9. The third kappa shape index (κ3) is 5.17. The van der Waals surface area contributed by atoms with Crippen molar-refractivity contribution in [1.82, 2.24) is 15.3 Å². The summed E-state index contributed by atoms with van der Waals surface area (Å²) in [6.07, 6.45) is -2.25. The topological polar surface area (TPSA) is 78.4 Å². The molecular weight excluding hydrogens is 452 g/mol. The number of amides is 1. The predicted molar refractivity (Wildman–Crippen MR) is 117 cm³/mol. The van der Waals surface area contributed by atoms with E-state index in [1.165, 1.54) is 6.33 Å². The highest BCUT2D eigenvalue weighted by Crippen LogP contribution is 2.36. The number of rotatable bonds is 7. The molecule has 0 saturated carbocycles. The number of hydrogen-bond acceptors (Lipinski definition) is 5. The molecule has 3 aromatic rings. The first-order chi connectivity index (χ1) is 16.3. The van der Waals surface area contributed by atoms with Gasteiger partial charge in [0.1, 0.15) is 18.0 Å². The van der Waals surface area contributed by atoms with Gasteiger partial charge >= 0.3 is 6.18 Å². The van der Waals surface area contributed by atoms with Gasteiger partial charge in [0, 0.05) is 43.4 Å². The zero-order valence-corrected chi connectivity index (χ0v) is 18.1. The van der Waals surface area contributed by atoms with E-state index in [4.69, 9.17) is 5.11 Å². The molecule has 0 aliphatic carbocycles. The molecule has 178 valence electrons. The number of aliphatic hydroxyl groups is 1. The van der Waals surface area contributed by atoms with Gasteiger partial charge in [0.25, 0.3) is 5.91 Å². The standard InChI is InChI=1S/C24H22F4N4O2/c25-17-10-15(9-16(12-17)24(26,27)28)11-18-13-22(31-14-30-18)32-7-5-19-20(3-1-4-21(19)32)23(34)29-6-2-8-33/h1,3-4,9-10,12-14,33H,2,5-8,11H2,(H,29,34). The monoisotopic (exact) mass is 474 g/mol. The molecule has 0 radical (unpaired) electrons. The van der Waals surface area contributed by atoms with Crippen molar-refractivity contribution in [2.45, 2.75) is 25.4 Å². The fourth-order valence-corrected chi connectivity index (χ4v) is 4.02. The molecule has 1 aliphatic rings. The molecule has 1 aliphatic heterocycles. The lowest BCUT2D eigenvalue weighted by molar-refractivity contribution is -0.137. The van der Waals surface area contributed by atoms with Crippen molar-refractivity contribution in [3.63, 3.8) is 0 Å². The third-order valence-electron chi connectivity index (χ3n) is 5.55. The molecule has 0 unspecified atom stereocenters. The van der Waals surface area contributed by atoms with Crippen molar-refractivity contribution in [2.75, 3.05) is 24.6 Å². The Kier molecular flexibility index (Phi) is 6.78. The van der Waals surface area contributed by atoms with Gasteiger partial charge in [-0.3, -0.25) is 4.79 Å². The van der Waals surface area contributed by atoms with Crippen molar-refractivity contribution < 1.29 is 27.5 Å². The minimum Gasteiger partial charge on any atom is -0.396 e. The Labute approximate surface area is 193 Å². The van der Waals surface area contributed by atoms with Crippen LogP contribution in [0.15, 0.2) is 48.8 Å². The summed E-state index contributed by atoms with van der Waals surface area (Å²) in [5.74, 6) is -0.645. The van der Waals surface area contributed by atoms with E-state index >= 15 is 0 Å². The van der Waals surface area contributed by atoms with Crippen LogP contribution in [0, 0.1) is 5.82 Å². The minimum absolute atomic E-state index is 0.00433. The number of anilines is 2. The summed E-state index contributed by atoms with van der Waals surface area (Å²) in [6, 6.07) is 9.48. The lowest BCUT2D eigenvalue weighted by Crippen LogP contribution is -2.25. The fourth-order valence-electron chi connectivity index (χ4n) is 4.02. The number of nitrogens with zero attached hydrogens (tertiary/aromatic N) is 3. The molecule has 0 atom stereocenters. The zero-order chi connectivity index (χ0) is 24.3. The maximum absolute atomic E-state index is 13.8. The second-order valence-corrected chi connectivity index (χ2v) is 7.93. The Bertz CT molecular complexity index is 1200. The molecule has 0 fully saturated rings. The fraction of sp³-hybridized carbons (Fsp3) is 0.292. The van der Waals surface area contributed by atoms with Crippen molar-refractivity contribution in [3.8, 4) is 0 Å². The molecule has 1 aromatic heterocycles. The second-order valence-electron chi connectivity index (χ2n) is 7.93. The highest BCUT2D eigenvalue weighted by atomic mass is 19.4. The van der Waals surface area contributed by atoms with Gasteiger partial charge in [-0.1, -0.05) is 6.07 Å². The number of aliphatic hydroxyl groups excluding tert-OH is 1. The van der Waals surface area contributed by atoms with Crippen molar-refractivity contribution in [2.24, 2.45) is 0 Å². The molecular formula is C24H22F4N4O2. The van der Waals surface area contributed by atoms with E-state index in [-0.39, 0.29) is 24.5 Å². The Morgan fingerprint density at radius 3 is 2.74 bits per heavy atom. The van der Waals surface area contributed by atoms with Gasteiger partial charge in [-0.15, -0.1) is 0 Å². The van der Waals surface area contributed by atoms with Crippen LogP contribution in [-0.4, -0.2) is 40.7 Å². The van der Waals surface area contributed by atoms with Crippen molar-refractivity contribution in [1.29, 1.82) is 0 Å². The first-order valence-electron chi connectivity index (χ1n) is 10.7. The molecule has 2 heterocycles. The number of nitrogens with one attached hydrogen (secondary N) is 1. The van der Waals surface area contributed by atoms with E-state index in [1.54, 1.807) is 18.2 Å². The number of aromatic nitrogens is 2. The highest BCUT2D eigenvalue weighted by molar-refractivity contribution is 5.98. The molecule has 34 heavy (non-hydrogen) atoms. The summed E-state index contributed by atoms with van der Waals surface area (Å²) in [5.41, 5.74) is 1.77. The summed E-state index contributed by atoms with van der Waals surface area (Å²) >= 11 is 0. The number of benzene rings is 2. The van der Waals surface area contributed by atoms with E-state index < -0.39 is 17.6 Å². The van der Waals surface area contributed by atoms with E-state index in [1.807, 2.05) is 11.0 Å². The molecule has 0 bridgehead atoms. The van der Waals surface area contributed by atoms with Gasteiger partial charge in [0.2, 0.25) is 0 Å². The van der Waals surface area contributed by atoms with Crippen LogP contribution >= 0.6 is 0 Å². The minimum atomic E-state index is -4.64. The summed E-state index contributed by atoms with van der Waals surface area (Å²) in [7, 11) is 0. The summed E-state index contributed by atoms with van der Waals surface area (Å²) in [6.45, 7) is 0.920. The maximum atomic E-state index is 13.8. The van der Waals surface area contributed by atoms with Crippen LogP contribution in [0.5, 0.6) is 0 Å². The number of hydrogen-bond donors (Lipinski definition) is 2. The van der Waals surface area contributed by atoms with Crippen molar-refractivity contribution in [3.05, 3.63) is 82.6 Å². The first-order valence-corrected chi connectivity index (χ1v) is 10.7. The van der Waals surface area contributed by atoms with Gasteiger partial charge in [0.15, 0.2) is 0 Å². The predicted octanol–water partition coefficient (Wildman–Crippen LogP) is 4.03. The van der Waals surface area contributed by atoms with Crippen molar-refractivity contribution >= 4 is 17.4 Å². The van der Waals surface area contributed by atoms with Crippen LogP contribution in [0.1, 0.15) is 39.2 Å². The Hall–Kier alpha value is -3.53. The molecule has 4 rings (SSSR count). The molecule has 2 aromatic carbocycles. The molecule has 0 saturated heterocycles. The quantitative estimate of drug-likeness (QED) is 0.399. The summed E-state index contributed by atoms with van der Waals surface area (Å²) < 4.78 is 52.9. The SMILES string of the molecule is O=C(NCCCO)c1cccc2c1CCN2c1cc(Cc2cc(F)cc(C(F)(F)F)c2)ncn1. The van der Waals surface area contributed by atoms with Crippen LogP contribution in [0.2, 0.25) is 0 Å². The van der Waals surface area contributed by atoms with Gasteiger partial charge in [0.05, 0.1) is 11.3 Å². The lowest BCUT2D eigenvalue weighted by Gasteiger charge is -2.19. The smallest absolute Gasteiger partial charge is 0.396 e. The Balaban J connectivity index is 1.57. The van der Waals surface area contributed by atoms with Crippen LogP contribution in [0.25, 0.3) is 0 Å². The van der Waals surface area contributed by atoms with Gasteiger partial charge in [-0.25, -0.2) is 14.4 Å². The van der Waals surface area contributed by atoms with Crippen LogP contribution in [-0.2, 0) is 19.0 Å². The number of carbonyl (C=O) groups excluding carboxylic acids is 1. The van der Waals surface area contributed by atoms with Crippen LogP contribution < -0.4 is 10.2 Å². The van der Waals surface area contributed by atoms with E-state index in [9.17, 15) is 22.4 Å². The number of halogens is 4. The Morgan fingerprint density at radius 2 is 1.97 bits per heavy atom. The Morgan fingerprint density at radius 1 is 1.15 bits per heavy atom. The molecule has 0 spiro atoms. The lowest BCUT2D eigenvalue weighted by atomic mass is 10.0. The maximum Gasteiger partial charge on any atom is 0.416 e. The average molecular weight is 474 g/mol. The van der Waals surface area contributed by atoms with E-state index in [0.717, 1.165) is 23.4 Å². The normalized spacial score (nSPS) is 13.1. The largest absolute Gasteiger partial charge is 0.416 e. The molecule has 10 heteroatoms. The van der Waals surface area contributed by atoms with Crippen LogP contribution in [0.3, 0.4) is 0 Å². The molecule has 2 N–H and O–H groups in total. The molecule has 1 amide bonds. The average Bonchev–Trinajstić information content (AvgIpc) is 3.23.